The minimum Gasteiger partial charge on any atom is -0.298 e. The monoisotopic (exact) mass is 181 g/mol. The number of rotatable bonds is 2. The molecule has 2 rings (SSSR count). The van der Waals surface area contributed by atoms with Crippen molar-refractivity contribution in [1.82, 2.24) is 4.90 Å². The Morgan fingerprint density at radius 2 is 1.69 bits per heavy atom. The van der Waals surface area contributed by atoms with Gasteiger partial charge in [0, 0.05) is 5.54 Å². The van der Waals surface area contributed by atoms with Crippen LogP contribution in [-0.4, -0.2) is 23.5 Å². The SMILES string of the molecule is CC(C)C1CCN(C2(C)CC2)CC1. The van der Waals surface area contributed by atoms with Gasteiger partial charge in [-0.2, -0.15) is 0 Å². The molecule has 0 unspecified atom stereocenters. The van der Waals surface area contributed by atoms with Crippen LogP contribution < -0.4 is 0 Å². The van der Waals surface area contributed by atoms with E-state index in [1.165, 1.54) is 38.8 Å². The Kier molecular flexibility index (Phi) is 2.39. The highest BCUT2D eigenvalue weighted by Gasteiger charge is 2.44. The van der Waals surface area contributed by atoms with Gasteiger partial charge < -0.3 is 0 Å². The van der Waals surface area contributed by atoms with Gasteiger partial charge in [0.1, 0.15) is 0 Å². The van der Waals surface area contributed by atoms with E-state index in [2.05, 4.69) is 25.7 Å². The minimum atomic E-state index is 0.627. The Balaban J connectivity index is 1.82. The first-order valence-electron chi connectivity index (χ1n) is 5.87. The van der Waals surface area contributed by atoms with E-state index in [4.69, 9.17) is 0 Å². The van der Waals surface area contributed by atoms with Gasteiger partial charge in [0.2, 0.25) is 0 Å². The lowest BCUT2D eigenvalue weighted by Crippen LogP contribution is -2.42. The number of hydrogen-bond acceptors (Lipinski definition) is 1. The molecule has 0 radical (unpaired) electrons. The van der Waals surface area contributed by atoms with Gasteiger partial charge in [-0.15, -0.1) is 0 Å². The van der Waals surface area contributed by atoms with Crippen LogP contribution in [0.4, 0.5) is 0 Å². The Bertz CT molecular complexity index is 174. The predicted molar refractivity (Wildman–Crippen MR) is 56.8 cm³/mol. The lowest BCUT2D eigenvalue weighted by Gasteiger charge is -2.37. The molecule has 0 aromatic rings. The molecular formula is C12H23N. The highest BCUT2D eigenvalue weighted by Crippen LogP contribution is 2.43. The van der Waals surface area contributed by atoms with Crippen LogP contribution in [0, 0.1) is 11.8 Å². The van der Waals surface area contributed by atoms with Gasteiger partial charge in [-0.25, -0.2) is 0 Å². The van der Waals surface area contributed by atoms with Gasteiger partial charge in [0.05, 0.1) is 0 Å². The topological polar surface area (TPSA) is 3.24 Å². The summed E-state index contributed by atoms with van der Waals surface area (Å²) in [5.41, 5.74) is 0.627. The Hall–Kier alpha value is -0.0400. The third-order valence-electron chi connectivity index (χ3n) is 4.22. The summed E-state index contributed by atoms with van der Waals surface area (Å²) in [7, 11) is 0. The molecule has 1 aliphatic heterocycles. The van der Waals surface area contributed by atoms with Crippen molar-refractivity contribution in [1.29, 1.82) is 0 Å². The van der Waals surface area contributed by atoms with E-state index < -0.39 is 0 Å². The largest absolute Gasteiger partial charge is 0.298 e. The maximum Gasteiger partial charge on any atom is 0.0182 e. The van der Waals surface area contributed by atoms with Crippen molar-refractivity contribution in [3.8, 4) is 0 Å². The van der Waals surface area contributed by atoms with E-state index in [0.29, 0.717) is 5.54 Å². The molecule has 1 saturated heterocycles. The third kappa shape index (κ3) is 1.90. The molecule has 1 heterocycles. The maximum absolute atomic E-state index is 2.73. The van der Waals surface area contributed by atoms with Crippen molar-refractivity contribution < 1.29 is 0 Å². The summed E-state index contributed by atoms with van der Waals surface area (Å²) in [4.78, 5) is 2.73. The molecule has 0 N–H and O–H groups in total. The van der Waals surface area contributed by atoms with Crippen LogP contribution in [0.15, 0.2) is 0 Å². The van der Waals surface area contributed by atoms with E-state index >= 15 is 0 Å². The molecule has 1 nitrogen and oxygen atoms in total. The van der Waals surface area contributed by atoms with Crippen molar-refractivity contribution >= 4 is 0 Å². The molecule has 0 aromatic carbocycles. The van der Waals surface area contributed by atoms with Gasteiger partial charge in [-0.1, -0.05) is 13.8 Å². The summed E-state index contributed by atoms with van der Waals surface area (Å²) in [6.07, 6.45) is 5.76. The lowest BCUT2D eigenvalue weighted by molar-refractivity contribution is 0.110. The fourth-order valence-electron chi connectivity index (χ4n) is 2.60. The van der Waals surface area contributed by atoms with Crippen LogP contribution in [-0.2, 0) is 0 Å². The first-order chi connectivity index (χ1) is 6.12. The summed E-state index contributed by atoms with van der Waals surface area (Å²) in [6, 6.07) is 0. The first kappa shape index (κ1) is 9.51. The molecule has 2 aliphatic rings. The standard InChI is InChI=1S/C12H23N/c1-10(2)11-4-8-13(9-5-11)12(3)6-7-12/h10-11H,4-9H2,1-3H3. The second kappa shape index (κ2) is 3.27. The van der Waals surface area contributed by atoms with Crippen molar-refractivity contribution in [2.75, 3.05) is 13.1 Å². The Labute approximate surface area is 82.5 Å². The average molecular weight is 181 g/mol. The lowest BCUT2D eigenvalue weighted by atomic mass is 9.86. The molecular weight excluding hydrogens is 158 g/mol. The quantitative estimate of drug-likeness (QED) is 0.633. The third-order valence-corrected chi connectivity index (χ3v) is 4.22. The van der Waals surface area contributed by atoms with E-state index in [0.717, 1.165) is 11.8 Å². The molecule has 1 heteroatoms. The summed E-state index contributed by atoms with van der Waals surface area (Å²) in [5.74, 6) is 1.90. The number of nitrogens with zero attached hydrogens (tertiary/aromatic N) is 1. The zero-order valence-corrected chi connectivity index (χ0v) is 9.34. The van der Waals surface area contributed by atoms with E-state index in [1.807, 2.05) is 0 Å². The number of hydrogen-bond donors (Lipinski definition) is 0. The Morgan fingerprint density at radius 1 is 1.15 bits per heavy atom. The van der Waals surface area contributed by atoms with E-state index in [-0.39, 0.29) is 0 Å². The number of likely N-dealkylation sites (tertiary alicyclic amines) is 1. The Morgan fingerprint density at radius 3 is 2.08 bits per heavy atom. The van der Waals surface area contributed by atoms with Crippen LogP contribution in [0.1, 0.15) is 46.5 Å². The zero-order chi connectivity index (χ0) is 9.47. The van der Waals surface area contributed by atoms with Crippen molar-refractivity contribution in [3.05, 3.63) is 0 Å². The highest BCUT2D eigenvalue weighted by molar-refractivity contribution is 5.00. The second-order valence-corrected chi connectivity index (χ2v) is 5.57. The van der Waals surface area contributed by atoms with Gasteiger partial charge in [0.15, 0.2) is 0 Å². The average Bonchev–Trinajstić information content (AvgIpc) is 2.85. The highest BCUT2D eigenvalue weighted by atomic mass is 15.2. The minimum absolute atomic E-state index is 0.627. The predicted octanol–water partition coefficient (Wildman–Crippen LogP) is 2.91. The van der Waals surface area contributed by atoms with Crippen LogP contribution in [0.2, 0.25) is 0 Å². The first-order valence-corrected chi connectivity index (χ1v) is 5.87. The zero-order valence-electron chi connectivity index (χ0n) is 9.34. The van der Waals surface area contributed by atoms with E-state index in [9.17, 15) is 0 Å². The molecule has 0 spiro atoms. The fraction of sp³-hybridized carbons (Fsp3) is 1.00. The van der Waals surface area contributed by atoms with Gasteiger partial charge in [0.25, 0.3) is 0 Å². The molecule has 76 valence electrons. The molecule has 13 heavy (non-hydrogen) atoms. The summed E-state index contributed by atoms with van der Waals surface area (Å²) >= 11 is 0. The van der Waals surface area contributed by atoms with Crippen molar-refractivity contribution in [3.63, 3.8) is 0 Å². The fourth-order valence-corrected chi connectivity index (χ4v) is 2.60. The molecule has 0 aromatic heterocycles. The van der Waals surface area contributed by atoms with Crippen LogP contribution >= 0.6 is 0 Å². The molecule has 0 amide bonds. The van der Waals surface area contributed by atoms with Crippen LogP contribution in [0.3, 0.4) is 0 Å². The number of piperidine rings is 1. The summed E-state index contributed by atoms with van der Waals surface area (Å²) in [6.45, 7) is 9.90. The molecule has 1 aliphatic carbocycles. The van der Waals surface area contributed by atoms with Crippen LogP contribution in [0.25, 0.3) is 0 Å². The summed E-state index contributed by atoms with van der Waals surface area (Å²) < 4.78 is 0. The van der Waals surface area contributed by atoms with Crippen LogP contribution in [0.5, 0.6) is 0 Å². The van der Waals surface area contributed by atoms with Gasteiger partial charge in [-0.3, -0.25) is 4.90 Å². The van der Waals surface area contributed by atoms with Gasteiger partial charge >= 0.3 is 0 Å². The molecule has 0 bridgehead atoms. The maximum atomic E-state index is 2.73. The van der Waals surface area contributed by atoms with Crippen molar-refractivity contribution in [2.24, 2.45) is 11.8 Å². The van der Waals surface area contributed by atoms with E-state index in [1.54, 1.807) is 0 Å². The molecule has 0 atom stereocenters. The van der Waals surface area contributed by atoms with Crippen molar-refractivity contribution in [2.45, 2.75) is 52.0 Å². The molecule has 2 fully saturated rings. The normalized spacial score (nSPS) is 29.5. The van der Waals surface area contributed by atoms with Gasteiger partial charge in [-0.05, 0) is 57.5 Å². The summed E-state index contributed by atoms with van der Waals surface area (Å²) in [5, 5.41) is 0. The second-order valence-electron chi connectivity index (χ2n) is 5.57. The smallest absolute Gasteiger partial charge is 0.0182 e. The molecule has 1 saturated carbocycles.